The van der Waals surface area contributed by atoms with Gasteiger partial charge in [-0.05, 0) is 41.1 Å². The molecule has 3 aromatic rings. The number of rotatable bonds is 2. The summed E-state index contributed by atoms with van der Waals surface area (Å²) in [6.45, 7) is 2.09. The molecule has 0 aliphatic heterocycles. The number of H-pyrrole nitrogens is 1. The number of nitrogens with one attached hydrogen (secondary N) is 1. The summed E-state index contributed by atoms with van der Waals surface area (Å²) in [5, 5.41) is 1.78. The van der Waals surface area contributed by atoms with Gasteiger partial charge in [0.25, 0.3) is 5.65 Å². The molecule has 1 N–H and O–H groups in total. The van der Waals surface area contributed by atoms with Crippen molar-refractivity contribution in [3.8, 4) is 0 Å². The summed E-state index contributed by atoms with van der Waals surface area (Å²) in [5.41, 5.74) is 2.29. The molecule has 0 fully saturated rings. The third kappa shape index (κ3) is 2.66. The van der Waals surface area contributed by atoms with Crippen molar-refractivity contribution in [3.05, 3.63) is 57.8 Å². The van der Waals surface area contributed by atoms with E-state index in [2.05, 4.69) is 56.1 Å². The van der Waals surface area contributed by atoms with E-state index in [4.69, 9.17) is 11.6 Å². The number of aromatic nitrogens is 2. The summed E-state index contributed by atoms with van der Waals surface area (Å²) < 4.78 is 3.13. The summed E-state index contributed by atoms with van der Waals surface area (Å²) in [5.74, 6) is 0. The number of aryl methyl sites for hydroxylation is 1. The zero-order chi connectivity index (χ0) is 13.4. The Bertz CT molecular complexity index is 737. The van der Waals surface area contributed by atoms with Gasteiger partial charge in [-0.2, -0.15) is 3.97 Å². The van der Waals surface area contributed by atoms with Crippen molar-refractivity contribution in [2.24, 2.45) is 0 Å². The zero-order valence-electron chi connectivity index (χ0n) is 10.2. The van der Waals surface area contributed by atoms with Gasteiger partial charge in [0, 0.05) is 0 Å². The van der Waals surface area contributed by atoms with E-state index in [1.54, 1.807) is 18.1 Å². The van der Waals surface area contributed by atoms with E-state index in [0.717, 1.165) is 15.5 Å². The molecule has 0 radical (unpaired) electrons. The first kappa shape index (κ1) is 13.0. The number of benzene rings is 1. The third-order valence-electron chi connectivity index (χ3n) is 2.82. The molecule has 0 unspecified atom stereocenters. The maximum absolute atomic E-state index is 6.01. The van der Waals surface area contributed by atoms with Gasteiger partial charge in [0.1, 0.15) is 24.3 Å². The SMILES string of the molecule is Cc1ccc(Sn2cc(Br)c3cc(Cl)c[nH+]c32)cc1. The first-order valence-corrected chi connectivity index (χ1v) is 7.71. The Hall–Kier alpha value is -0.970. The van der Waals surface area contributed by atoms with Crippen LogP contribution in [0.4, 0.5) is 0 Å². The van der Waals surface area contributed by atoms with Crippen molar-refractivity contribution < 1.29 is 4.98 Å². The standard InChI is InChI=1S/C14H10BrClN2S/c1-9-2-4-11(5-3-9)19-18-8-13(15)12-6-10(16)7-17-14(12)18/h2-8H,1H3/p+1. The molecule has 0 saturated carbocycles. The zero-order valence-corrected chi connectivity index (χ0v) is 13.3. The molecule has 3 rings (SSSR count). The number of halogens is 2. The van der Waals surface area contributed by atoms with E-state index in [9.17, 15) is 0 Å². The molecule has 0 spiro atoms. The van der Waals surface area contributed by atoms with Crippen LogP contribution in [0.2, 0.25) is 5.02 Å². The molecule has 2 heterocycles. The highest BCUT2D eigenvalue weighted by atomic mass is 79.9. The van der Waals surface area contributed by atoms with Crippen molar-refractivity contribution in [2.45, 2.75) is 11.8 Å². The van der Waals surface area contributed by atoms with Gasteiger partial charge in [0.05, 0.1) is 19.8 Å². The lowest BCUT2D eigenvalue weighted by atomic mass is 10.2. The van der Waals surface area contributed by atoms with Crippen LogP contribution < -0.4 is 4.98 Å². The average molecular weight is 355 g/mol. The molecular weight excluding hydrogens is 344 g/mol. The number of aromatic amines is 1. The first-order valence-electron chi connectivity index (χ1n) is 5.76. The smallest absolute Gasteiger partial charge is 0.244 e. The number of nitrogens with zero attached hydrogens (tertiary/aromatic N) is 1. The first-order chi connectivity index (χ1) is 9.13. The summed E-state index contributed by atoms with van der Waals surface area (Å²) in [7, 11) is 0. The molecule has 96 valence electrons. The Kier molecular flexibility index (Phi) is 3.56. The number of fused-ring (bicyclic) bond motifs is 1. The van der Waals surface area contributed by atoms with Crippen LogP contribution in [0.5, 0.6) is 0 Å². The maximum Gasteiger partial charge on any atom is 0.299 e. The molecule has 0 atom stereocenters. The summed E-state index contributed by atoms with van der Waals surface area (Å²) in [6, 6.07) is 10.4. The molecule has 0 bridgehead atoms. The Balaban J connectivity index is 2.03. The minimum atomic E-state index is 0.700. The van der Waals surface area contributed by atoms with Crippen molar-refractivity contribution >= 4 is 50.5 Å². The second-order valence-electron chi connectivity index (χ2n) is 4.29. The lowest BCUT2D eigenvalue weighted by molar-refractivity contribution is -0.347. The van der Waals surface area contributed by atoms with Crippen LogP contribution in [0, 0.1) is 6.92 Å². The van der Waals surface area contributed by atoms with Gasteiger partial charge < -0.3 is 0 Å². The molecule has 2 nitrogen and oxygen atoms in total. The van der Waals surface area contributed by atoms with E-state index < -0.39 is 0 Å². The predicted molar refractivity (Wildman–Crippen MR) is 83.6 cm³/mol. The Morgan fingerprint density at radius 3 is 2.74 bits per heavy atom. The van der Waals surface area contributed by atoms with E-state index in [-0.39, 0.29) is 0 Å². The summed E-state index contributed by atoms with van der Waals surface area (Å²) in [4.78, 5) is 4.41. The summed E-state index contributed by atoms with van der Waals surface area (Å²) >= 11 is 11.2. The fourth-order valence-corrected chi connectivity index (χ4v) is 3.54. The van der Waals surface area contributed by atoms with Crippen molar-refractivity contribution in [1.29, 1.82) is 0 Å². The number of hydrogen-bond acceptors (Lipinski definition) is 1. The van der Waals surface area contributed by atoms with E-state index in [1.807, 2.05) is 12.3 Å². The van der Waals surface area contributed by atoms with Gasteiger partial charge in [-0.25, -0.2) is 4.98 Å². The minimum Gasteiger partial charge on any atom is -0.244 e. The molecule has 19 heavy (non-hydrogen) atoms. The molecule has 0 saturated heterocycles. The molecule has 2 aromatic heterocycles. The molecule has 0 aliphatic rings. The molecule has 1 aromatic carbocycles. The van der Waals surface area contributed by atoms with Crippen LogP contribution in [-0.2, 0) is 0 Å². The highest BCUT2D eigenvalue weighted by molar-refractivity contribution is 9.10. The normalized spacial score (nSPS) is 11.1. The van der Waals surface area contributed by atoms with Gasteiger partial charge in [0.15, 0.2) is 0 Å². The summed E-state index contributed by atoms with van der Waals surface area (Å²) in [6.07, 6.45) is 3.84. The lowest BCUT2D eigenvalue weighted by Gasteiger charge is -1.98. The van der Waals surface area contributed by atoms with Crippen LogP contribution >= 0.6 is 39.5 Å². The third-order valence-corrected chi connectivity index (χ3v) is 4.63. The van der Waals surface area contributed by atoms with Crippen LogP contribution in [0.15, 0.2) is 52.1 Å². The number of hydrogen-bond donors (Lipinski definition) is 0. The van der Waals surface area contributed by atoms with Crippen molar-refractivity contribution in [2.75, 3.05) is 0 Å². The van der Waals surface area contributed by atoms with Crippen LogP contribution in [-0.4, -0.2) is 3.97 Å². The van der Waals surface area contributed by atoms with Gasteiger partial charge in [-0.3, -0.25) is 0 Å². The highest BCUT2D eigenvalue weighted by Gasteiger charge is 2.16. The van der Waals surface area contributed by atoms with Crippen molar-refractivity contribution in [1.82, 2.24) is 3.97 Å². The lowest BCUT2D eigenvalue weighted by Crippen LogP contribution is -2.05. The fraction of sp³-hybridized carbons (Fsp3) is 0.0714. The van der Waals surface area contributed by atoms with Crippen LogP contribution in [0.1, 0.15) is 5.56 Å². The molecular formula is C14H11BrClN2S+. The quantitative estimate of drug-likeness (QED) is 0.650. The fourth-order valence-electron chi connectivity index (χ4n) is 1.85. The van der Waals surface area contributed by atoms with Gasteiger partial charge in [-0.1, -0.05) is 29.3 Å². The molecule has 0 aliphatic carbocycles. The van der Waals surface area contributed by atoms with E-state index in [1.165, 1.54) is 10.5 Å². The Morgan fingerprint density at radius 2 is 2.00 bits per heavy atom. The van der Waals surface area contributed by atoms with Gasteiger partial charge in [0.2, 0.25) is 0 Å². The van der Waals surface area contributed by atoms with Crippen LogP contribution in [0.3, 0.4) is 0 Å². The second kappa shape index (κ2) is 5.19. The highest BCUT2D eigenvalue weighted by Crippen LogP contribution is 2.31. The Labute approximate surface area is 129 Å². The van der Waals surface area contributed by atoms with Crippen molar-refractivity contribution in [3.63, 3.8) is 0 Å². The largest absolute Gasteiger partial charge is 0.299 e. The van der Waals surface area contributed by atoms with Gasteiger partial charge in [-0.15, -0.1) is 0 Å². The van der Waals surface area contributed by atoms with Gasteiger partial charge >= 0.3 is 0 Å². The topological polar surface area (TPSA) is 19.1 Å². The average Bonchev–Trinajstić information content (AvgIpc) is 2.69. The predicted octanol–water partition coefficient (Wildman–Crippen LogP) is 4.74. The molecule has 0 amide bonds. The van der Waals surface area contributed by atoms with E-state index in [0.29, 0.717) is 5.02 Å². The maximum atomic E-state index is 6.01. The second-order valence-corrected chi connectivity index (χ2v) is 6.63. The minimum absolute atomic E-state index is 0.700. The molecule has 5 heteroatoms. The van der Waals surface area contributed by atoms with E-state index >= 15 is 0 Å². The monoisotopic (exact) mass is 353 g/mol. The number of pyridine rings is 1. The Morgan fingerprint density at radius 1 is 1.26 bits per heavy atom. The van der Waals surface area contributed by atoms with Crippen LogP contribution in [0.25, 0.3) is 11.0 Å².